The van der Waals surface area contributed by atoms with Crippen molar-refractivity contribution in [1.29, 1.82) is 0 Å². The van der Waals surface area contributed by atoms with Gasteiger partial charge >= 0.3 is 0 Å². The van der Waals surface area contributed by atoms with E-state index in [1.54, 1.807) is 0 Å². The van der Waals surface area contributed by atoms with Crippen molar-refractivity contribution in [2.45, 2.75) is 5.92 Å². The molecule has 82 valence electrons. The normalized spacial score (nSPS) is 16.1. The van der Waals surface area contributed by atoms with E-state index in [0.717, 1.165) is 13.1 Å². The van der Waals surface area contributed by atoms with Crippen molar-refractivity contribution in [1.82, 2.24) is 15.1 Å². The maximum atomic E-state index is 4.18. The van der Waals surface area contributed by atoms with Crippen LogP contribution in [0.15, 0.2) is 36.5 Å². The fourth-order valence-corrected chi connectivity index (χ4v) is 2.11. The summed E-state index contributed by atoms with van der Waals surface area (Å²) in [5.74, 6) is 0.709. The van der Waals surface area contributed by atoms with Crippen LogP contribution < -0.4 is 5.32 Å². The first-order valence-corrected chi connectivity index (χ1v) is 5.63. The molecule has 0 spiro atoms. The molecule has 1 aromatic carbocycles. The van der Waals surface area contributed by atoms with Crippen LogP contribution >= 0.6 is 0 Å². The Kier molecular flexibility index (Phi) is 2.26. The quantitative estimate of drug-likeness (QED) is 0.824. The second-order valence-electron chi connectivity index (χ2n) is 4.32. The summed E-state index contributed by atoms with van der Waals surface area (Å²) >= 11 is 0. The van der Waals surface area contributed by atoms with Crippen LogP contribution in [0.1, 0.15) is 11.5 Å². The summed E-state index contributed by atoms with van der Waals surface area (Å²) in [6, 6.07) is 10.9. The molecule has 3 rings (SSSR count). The Labute approximate surface area is 95.1 Å². The van der Waals surface area contributed by atoms with E-state index in [-0.39, 0.29) is 0 Å². The van der Waals surface area contributed by atoms with Gasteiger partial charge in [-0.3, -0.25) is 4.68 Å². The molecule has 1 saturated heterocycles. The van der Waals surface area contributed by atoms with Gasteiger partial charge in [0.05, 0.1) is 5.69 Å². The Morgan fingerprint density at radius 2 is 1.94 bits per heavy atom. The SMILES string of the molecule is Cn1nccc1-c1ccc(C2CNC2)cc1. The van der Waals surface area contributed by atoms with E-state index in [0.29, 0.717) is 5.92 Å². The van der Waals surface area contributed by atoms with Crippen LogP contribution in [-0.4, -0.2) is 22.9 Å². The van der Waals surface area contributed by atoms with Gasteiger partial charge < -0.3 is 5.32 Å². The fourth-order valence-electron chi connectivity index (χ4n) is 2.11. The molecule has 1 aliphatic heterocycles. The zero-order chi connectivity index (χ0) is 11.0. The standard InChI is InChI=1S/C13H15N3/c1-16-13(6-7-15-16)11-4-2-10(3-5-11)12-8-14-9-12/h2-7,12,14H,8-9H2,1H3. The molecule has 0 saturated carbocycles. The van der Waals surface area contributed by atoms with Crippen molar-refractivity contribution in [2.24, 2.45) is 7.05 Å². The number of hydrogen-bond acceptors (Lipinski definition) is 2. The third-order valence-electron chi connectivity index (χ3n) is 3.28. The molecular formula is C13H15N3. The van der Waals surface area contributed by atoms with Crippen molar-refractivity contribution < 1.29 is 0 Å². The van der Waals surface area contributed by atoms with Crippen molar-refractivity contribution in [3.63, 3.8) is 0 Å². The van der Waals surface area contributed by atoms with Crippen molar-refractivity contribution in [3.05, 3.63) is 42.1 Å². The van der Waals surface area contributed by atoms with Gasteiger partial charge in [0.25, 0.3) is 0 Å². The Balaban J connectivity index is 1.90. The summed E-state index contributed by atoms with van der Waals surface area (Å²) < 4.78 is 1.90. The van der Waals surface area contributed by atoms with Crippen LogP contribution in [-0.2, 0) is 7.05 Å². The number of nitrogens with zero attached hydrogens (tertiary/aromatic N) is 2. The highest BCUT2D eigenvalue weighted by Gasteiger charge is 2.18. The number of aryl methyl sites for hydroxylation is 1. The van der Waals surface area contributed by atoms with Gasteiger partial charge in [-0.25, -0.2) is 0 Å². The molecule has 0 unspecified atom stereocenters. The van der Waals surface area contributed by atoms with E-state index >= 15 is 0 Å². The van der Waals surface area contributed by atoms with Gasteiger partial charge in [0.2, 0.25) is 0 Å². The molecular weight excluding hydrogens is 198 g/mol. The molecule has 0 amide bonds. The summed E-state index contributed by atoms with van der Waals surface area (Å²) in [6.07, 6.45) is 1.83. The van der Waals surface area contributed by atoms with Crippen LogP contribution in [0.3, 0.4) is 0 Å². The second-order valence-corrected chi connectivity index (χ2v) is 4.32. The Hall–Kier alpha value is -1.61. The average molecular weight is 213 g/mol. The lowest BCUT2D eigenvalue weighted by Gasteiger charge is -2.27. The largest absolute Gasteiger partial charge is 0.315 e. The van der Waals surface area contributed by atoms with E-state index in [2.05, 4.69) is 34.7 Å². The maximum Gasteiger partial charge on any atom is 0.0678 e. The molecule has 0 atom stereocenters. The summed E-state index contributed by atoms with van der Waals surface area (Å²) in [4.78, 5) is 0. The number of benzene rings is 1. The van der Waals surface area contributed by atoms with Crippen LogP contribution in [0.4, 0.5) is 0 Å². The van der Waals surface area contributed by atoms with Gasteiger partial charge in [-0.05, 0) is 17.2 Å². The highest BCUT2D eigenvalue weighted by atomic mass is 15.2. The van der Waals surface area contributed by atoms with Crippen molar-refractivity contribution in [3.8, 4) is 11.3 Å². The predicted molar refractivity (Wildman–Crippen MR) is 64.3 cm³/mol. The highest BCUT2D eigenvalue weighted by molar-refractivity contribution is 5.59. The van der Waals surface area contributed by atoms with Gasteiger partial charge in [0, 0.05) is 32.3 Å². The number of hydrogen-bond donors (Lipinski definition) is 1. The van der Waals surface area contributed by atoms with E-state index < -0.39 is 0 Å². The van der Waals surface area contributed by atoms with Gasteiger partial charge in [-0.1, -0.05) is 24.3 Å². The first-order valence-electron chi connectivity index (χ1n) is 5.63. The summed E-state index contributed by atoms with van der Waals surface area (Å²) in [6.45, 7) is 2.23. The molecule has 3 nitrogen and oxygen atoms in total. The smallest absolute Gasteiger partial charge is 0.0678 e. The lowest BCUT2D eigenvalue weighted by atomic mass is 9.93. The Bertz CT molecular complexity index is 480. The number of nitrogens with one attached hydrogen (secondary N) is 1. The second kappa shape index (κ2) is 3.76. The summed E-state index contributed by atoms with van der Waals surface area (Å²) in [5, 5.41) is 7.48. The molecule has 0 aliphatic carbocycles. The van der Waals surface area contributed by atoms with Crippen LogP contribution in [0.2, 0.25) is 0 Å². The lowest BCUT2D eigenvalue weighted by Crippen LogP contribution is -2.39. The molecule has 1 fully saturated rings. The first kappa shape index (κ1) is 9.60. The zero-order valence-corrected chi connectivity index (χ0v) is 9.35. The lowest BCUT2D eigenvalue weighted by molar-refractivity contribution is 0.448. The predicted octanol–water partition coefficient (Wildman–Crippen LogP) is 1.77. The van der Waals surface area contributed by atoms with Gasteiger partial charge in [-0.2, -0.15) is 5.10 Å². The topological polar surface area (TPSA) is 29.9 Å². The number of rotatable bonds is 2. The number of aromatic nitrogens is 2. The van der Waals surface area contributed by atoms with E-state index in [1.165, 1.54) is 16.8 Å². The monoisotopic (exact) mass is 213 g/mol. The molecule has 1 aromatic heterocycles. The van der Waals surface area contributed by atoms with Gasteiger partial charge in [0.1, 0.15) is 0 Å². The third kappa shape index (κ3) is 1.53. The van der Waals surface area contributed by atoms with Crippen molar-refractivity contribution in [2.75, 3.05) is 13.1 Å². The molecule has 1 aliphatic rings. The van der Waals surface area contributed by atoms with Crippen molar-refractivity contribution >= 4 is 0 Å². The van der Waals surface area contributed by atoms with Gasteiger partial charge in [0.15, 0.2) is 0 Å². The third-order valence-corrected chi connectivity index (χ3v) is 3.28. The highest BCUT2D eigenvalue weighted by Crippen LogP contribution is 2.24. The Morgan fingerprint density at radius 1 is 1.19 bits per heavy atom. The van der Waals surface area contributed by atoms with Crippen LogP contribution in [0, 0.1) is 0 Å². The molecule has 1 N–H and O–H groups in total. The summed E-state index contributed by atoms with van der Waals surface area (Å²) in [7, 11) is 1.97. The molecule has 2 aromatic rings. The minimum absolute atomic E-state index is 0.709. The molecule has 2 heterocycles. The zero-order valence-electron chi connectivity index (χ0n) is 9.35. The fraction of sp³-hybridized carbons (Fsp3) is 0.308. The molecule has 0 radical (unpaired) electrons. The minimum atomic E-state index is 0.709. The average Bonchev–Trinajstić information content (AvgIpc) is 2.63. The van der Waals surface area contributed by atoms with E-state index in [1.807, 2.05) is 24.0 Å². The first-order chi connectivity index (χ1) is 7.84. The van der Waals surface area contributed by atoms with Gasteiger partial charge in [-0.15, -0.1) is 0 Å². The minimum Gasteiger partial charge on any atom is -0.315 e. The van der Waals surface area contributed by atoms with E-state index in [9.17, 15) is 0 Å². The van der Waals surface area contributed by atoms with Crippen LogP contribution in [0.25, 0.3) is 11.3 Å². The molecule has 3 heteroatoms. The Morgan fingerprint density at radius 3 is 2.44 bits per heavy atom. The maximum absolute atomic E-state index is 4.18. The van der Waals surface area contributed by atoms with Crippen LogP contribution in [0.5, 0.6) is 0 Å². The van der Waals surface area contributed by atoms with E-state index in [4.69, 9.17) is 0 Å². The molecule has 0 bridgehead atoms. The molecule has 16 heavy (non-hydrogen) atoms. The summed E-state index contributed by atoms with van der Waals surface area (Å²) in [5.41, 5.74) is 3.83.